The number of thiophene rings is 1. The van der Waals surface area contributed by atoms with Gasteiger partial charge in [-0.05, 0) is 44.2 Å². The van der Waals surface area contributed by atoms with E-state index >= 15 is 0 Å². The molecule has 0 unspecified atom stereocenters. The average Bonchev–Trinajstić information content (AvgIpc) is 3.19. The molecule has 170 valence electrons. The van der Waals surface area contributed by atoms with E-state index in [2.05, 4.69) is 21.6 Å². The van der Waals surface area contributed by atoms with Crippen LogP contribution in [0, 0.1) is 5.41 Å². The summed E-state index contributed by atoms with van der Waals surface area (Å²) in [4.78, 5) is 37.8. The largest absolute Gasteiger partial charge is 0.322 e. The zero-order valence-corrected chi connectivity index (χ0v) is 20.1. The van der Waals surface area contributed by atoms with E-state index in [-0.39, 0.29) is 27.9 Å². The predicted molar refractivity (Wildman–Crippen MR) is 127 cm³/mol. The lowest BCUT2D eigenvalue weighted by molar-refractivity contribution is -0.112. The molecule has 32 heavy (non-hydrogen) atoms. The molecule has 5 N–H and O–H groups in total. The molecule has 2 rings (SSSR count). The molecule has 0 atom stereocenters. The molecule has 0 aliphatic carbocycles. The summed E-state index contributed by atoms with van der Waals surface area (Å²) in [5.41, 5.74) is 8.39. The number of nitrogens with zero attached hydrogens (tertiary/aromatic N) is 1. The monoisotopic (exact) mass is 496 g/mol. The maximum Gasteiger partial charge on any atom is 0.279 e. The number of anilines is 1. The minimum absolute atomic E-state index is 0.0134. The number of allylic oxidation sites excluding steroid dienone is 1. The molecule has 0 saturated carbocycles. The lowest BCUT2D eigenvalue weighted by Crippen LogP contribution is -2.38. The van der Waals surface area contributed by atoms with Crippen molar-refractivity contribution in [2.75, 3.05) is 19.4 Å². The molecule has 1 aromatic heterocycles. The summed E-state index contributed by atoms with van der Waals surface area (Å²) in [5, 5.41) is 12.7. The number of nitrogens with one attached hydrogen (secondary N) is 5. The van der Waals surface area contributed by atoms with E-state index in [1.54, 1.807) is 39.2 Å². The fourth-order valence-electron chi connectivity index (χ4n) is 2.50. The van der Waals surface area contributed by atoms with Crippen LogP contribution in [0.25, 0.3) is 0 Å². The number of amides is 3. The van der Waals surface area contributed by atoms with Crippen LogP contribution < -0.4 is 21.6 Å². The molecule has 0 radical (unpaired) electrons. The molecule has 1 aromatic carbocycles. The first-order chi connectivity index (χ1) is 15.0. The summed E-state index contributed by atoms with van der Waals surface area (Å²) in [6.07, 6.45) is 0. The van der Waals surface area contributed by atoms with E-state index in [0.29, 0.717) is 20.5 Å². The lowest BCUT2D eigenvalue weighted by atomic mass is 10.1. The number of benzene rings is 1. The van der Waals surface area contributed by atoms with Crippen LogP contribution in [-0.2, 0) is 4.79 Å². The van der Waals surface area contributed by atoms with E-state index in [4.69, 9.17) is 28.6 Å². The van der Waals surface area contributed by atoms with Gasteiger partial charge in [-0.3, -0.25) is 25.2 Å². The van der Waals surface area contributed by atoms with Crippen molar-refractivity contribution in [3.05, 3.63) is 61.4 Å². The van der Waals surface area contributed by atoms with Crippen LogP contribution in [0.4, 0.5) is 5.69 Å². The van der Waals surface area contributed by atoms with Crippen LogP contribution in [0.15, 0.2) is 41.6 Å². The second-order valence-electron chi connectivity index (χ2n) is 6.79. The van der Waals surface area contributed by atoms with Gasteiger partial charge < -0.3 is 16.2 Å². The van der Waals surface area contributed by atoms with E-state index < -0.39 is 11.8 Å². The summed E-state index contributed by atoms with van der Waals surface area (Å²) < 4.78 is 0. The zero-order valence-electron chi connectivity index (χ0n) is 17.7. The summed E-state index contributed by atoms with van der Waals surface area (Å²) in [5.74, 6) is -1.39. The fourth-order valence-corrected chi connectivity index (χ4v) is 3.59. The third kappa shape index (κ3) is 6.79. The molecule has 12 heteroatoms. The highest BCUT2D eigenvalue weighted by Gasteiger charge is 2.18. The van der Waals surface area contributed by atoms with Gasteiger partial charge in [-0.1, -0.05) is 23.2 Å². The Morgan fingerprint density at radius 1 is 0.938 bits per heavy atom. The SMILES string of the molecule is CC(=N)/C(C(=O)Nc1ccc(Cl)c(Cl)c1)=C(\C)NNC(=O)c1ccc(C(=O)NN(C)C)s1. The summed E-state index contributed by atoms with van der Waals surface area (Å²) in [7, 11) is 3.36. The van der Waals surface area contributed by atoms with E-state index in [1.165, 1.54) is 24.1 Å². The first kappa shape index (κ1) is 25.3. The van der Waals surface area contributed by atoms with Gasteiger partial charge in [0.25, 0.3) is 17.7 Å². The molecule has 0 aliphatic heterocycles. The minimum atomic E-state index is -0.561. The second-order valence-corrected chi connectivity index (χ2v) is 8.68. The Morgan fingerprint density at radius 2 is 1.56 bits per heavy atom. The van der Waals surface area contributed by atoms with Crippen LogP contribution in [0.1, 0.15) is 33.2 Å². The van der Waals surface area contributed by atoms with E-state index in [1.807, 2.05) is 0 Å². The molecule has 0 saturated heterocycles. The Bertz CT molecular complexity index is 1100. The van der Waals surface area contributed by atoms with Crippen LogP contribution in [0.2, 0.25) is 10.0 Å². The molecule has 2 aromatic rings. The van der Waals surface area contributed by atoms with Crippen LogP contribution >= 0.6 is 34.5 Å². The first-order valence-corrected chi connectivity index (χ1v) is 10.7. The van der Waals surface area contributed by atoms with Gasteiger partial charge in [0.05, 0.1) is 25.4 Å². The molecule has 0 aliphatic rings. The molecule has 9 nitrogen and oxygen atoms in total. The van der Waals surface area contributed by atoms with Gasteiger partial charge in [0.2, 0.25) is 0 Å². The van der Waals surface area contributed by atoms with Crippen LogP contribution in [0.5, 0.6) is 0 Å². The minimum Gasteiger partial charge on any atom is -0.322 e. The number of halogens is 2. The maximum atomic E-state index is 12.7. The lowest BCUT2D eigenvalue weighted by Gasteiger charge is -2.14. The highest BCUT2D eigenvalue weighted by atomic mass is 35.5. The third-order valence-corrected chi connectivity index (χ3v) is 5.72. The Kier molecular flexibility index (Phi) is 8.79. The number of hydrogen-bond acceptors (Lipinski definition) is 7. The predicted octanol–water partition coefficient (Wildman–Crippen LogP) is 3.45. The molecular formula is C20H22Cl2N6O3S. The topological polar surface area (TPSA) is 126 Å². The van der Waals surface area contributed by atoms with Gasteiger partial charge in [-0.25, -0.2) is 5.01 Å². The number of rotatable bonds is 8. The quantitative estimate of drug-likeness (QED) is 0.217. The van der Waals surface area contributed by atoms with Crippen molar-refractivity contribution < 1.29 is 14.4 Å². The number of hydrogen-bond donors (Lipinski definition) is 5. The highest BCUT2D eigenvalue weighted by Crippen LogP contribution is 2.25. The number of carbonyl (C=O) groups excluding carboxylic acids is 3. The molecule has 3 amide bonds. The molecule has 0 spiro atoms. The highest BCUT2D eigenvalue weighted by molar-refractivity contribution is 7.15. The summed E-state index contributed by atoms with van der Waals surface area (Å²) >= 11 is 12.9. The van der Waals surface area contributed by atoms with Crippen LogP contribution in [0.3, 0.4) is 0 Å². The third-order valence-electron chi connectivity index (χ3n) is 3.90. The van der Waals surface area contributed by atoms with Crippen molar-refractivity contribution in [3.8, 4) is 0 Å². The molecule has 1 heterocycles. The van der Waals surface area contributed by atoms with Gasteiger partial charge in [0.15, 0.2) is 0 Å². The average molecular weight is 497 g/mol. The zero-order chi connectivity index (χ0) is 24.0. The van der Waals surface area contributed by atoms with Crippen molar-refractivity contribution in [1.29, 1.82) is 5.41 Å². The van der Waals surface area contributed by atoms with Gasteiger partial charge in [0, 0.05) is 31.2 Å². The van der Waals surface area contributed by atoms with Crippen molar-refractivity contribution in [1.82, 2.24) is 21.3 Å². The first-order valence-electron chi connectivity index (χ1n) is 9.17. The van der Waals surface area contributed by atoms with Gasteiger partial charge >= 0.3 is 0 Å². The maximum absolute atomic E-state index is 12.7. The summed E-state index contributed by atoms with van der Waals surface area (Å²) in [6.45, 7) is 3.00. The Balaban J connectivity index is 2.09. The Morgan fingerprint density at radius 3 is 2.12 bits per heavy atom. The normalized spacial score (nSPS) is 11.5. The van der Waals surface area contributed by atoms with Crippen molar-refractivity contribution in [2.45, 2.75) is 13.8 Å². The van der Waals surface area contributed by atoms with Crippen molar-refractivity contribution in [3.63, 3.8) is 0 Å². The molecule has 0 bridgehead atoms. The van der Waals surface area contributed by atoms with Crippen molar-refractivity contribution in [2.24, 2.45) is 0 Å². The number of hydrazine groups is 2. The standard InChI is InChI=1S/C20H22Cl2N6O3S/c1-10(23)17(20(31)24-12-5-6-13(21)14(22)9-12)11(2)25-26-18(29)15-7-8-16(32-15)19(30)27-28(3)4/h5-9,23,25H,1-4H3,(H,24,31)(H,26,29)(H,27,30)/b17-11-,23-10?. The molecule has 0 fully saturated rings. The Labute approximate surface area is 199 Å². The second kappa shape index (κ2) is 11.1. The van der Waals surface area contributed by atoms with Gasteiger partial charge in [-0.15, -0.1) is 11.3 Å². The van der Waals surface area contributed by atoms with E-state index in [9.17, 15) is 14.4 Å². The van der Waals surface area contributed by atoms with Crippen molar-refractivity contribution >= 4 is 63.7 Å². The fraction of sp³-hybridized carbons (Fsp3) is 0.200. The number of carbonyl (C=O) groups is 3. The Hall–Kier alpha value is -2.92. The summed E-state index contributed by atoms with van der Waals surface area (Å²) in [6, 6.07) is 7.67. The molecular weight excluding hydrogens is 475 g/mol. The smallest absolute Gasteiger partial charge is 0.279 e. The van der Waals surface area contributed by atoms with Crippen LogP contribution in [-0.4, -0.2) is 42.5 Å². The van der Waals surface area contributed by atoms with Gasteiger partial charge in [-0.2, -0.15) is 0 Å². The van der Waals surface area contributed by atoms with E-state index in [0.717, 1.165) is 11.3 Å². The van der Waals surface area contributed by atoms with Gasteiger partial charge in [0.1, 0.15) is 0 Å².